The van der Waals surface area contributed by atoms with Gasteiger partial charge in [0.1, 0.15) is 16.7 Å². The third-order valence-corrected chi connectivity index (χ3v) is 8.06. The third kappa shape index (κ3) is 3.97. The summed E-state index contributed by atoms with van der Waals surface area (Å²) in [4.78, 5) is 0. The molecule has 3 aliphatic rings. The molecule has 27 heavy (non-hydrogen) atoms. The molecule has 3 saturated carbocycles. The number of hydrogen-bond donors (Lipinski definition) is 0. The van der Waals surface area contributed by atoms with Crippen LogP contribution in [0.1, 0.15) is 76.2 Å². The third-order valence-electron chi connectivity index (χ3n) is 7.70. The average molecular weight is 393 g/mol. The summed E-state index contributed by atoms with van der Waals surface area (Å²) in [6.45, 7) is 2.21. The minimum absolute atomic E-state index is 0.285. The Labute approximate surface area is 167 Å². The average Bonchev–Trinajstić information content (AvgIpc) is 2.69. The van der Waals surface area contributed by atoms with Gasteiger partial charge in [-0.2, -0.15) is 0 Å². The molecule has 6 atom stereocenters. The zero-order chi connectivity index (χ0) is 19.0. The van der Waals surface area contributed by atoms with Gasteiger partial charge in [-0.05, 0) is 111 Å². The summed E-state index contributed by atoms with van der Waals surface area (Å²) in [5, 5.41) is -0.373. The normalized spacial score (nSPS) is 36.4. The molecule has 6 unspecified atom stereocenters. The van der Waals surface area contributed by atoms with Gasteiger partial charge in [0.05, 0.1) is 0 Å². The van der Waals surface area contributed by atoms with Crippen molar-refractivity contribution in [3.63, 3.8) is 0 Å². The van der Waals surface area contributed by atoms with E-state index in [4.69, 9.17) is 11.6 Å². The SMILES string of the molecule is CC/C=C/C1CCC2C(CCC3CC(c4cc(F)c(Cl)c(F)c4)CCC32)C1. The van der Waals surface area contributed by atoms with Crippen molar-refractivity contribution in [3.05, 3.63) is 46.5 Å². The molecule has 3 heteroatoms. The molecular weight excluding hydrogens is 362 g/mol. The van der Waals surface area contributed by atoms with E-state index >= 15 is 0 Å². The summed E-state index contributed by atoms with van der Waals surface area (Å²) in [5.41, 5.74) is 0.809. The molecule has 0 heterocycles. The Balaban J connectivity index is 1.42. The van der Waals surface area contributed by atoms with Crippen molar-refractivity contribution in [1.82, 2.24) is 0 Å². The Bertz CT molecular complexity index is 675. The molecule has 0 nitrogen and oxygen atoms in total. The Hall–Kier alpha value is -0.890. The van der Waals surface area contributed by atoms with Crippen LogP contribution < -0.4 is 0 Å². The summed E-state index contributed by atoms with van der Waals surface area (Å²) in [6, 6.07) is 2.93. The quantitative estimate of drug-likeness (QED) is 0.362. The number of benzene rings is 1. The van der Waals surface area contributed by atoms with Gasteiger partial charge in [-0.1, -0.05) is 30.7 Å². The summed E-state index contributed by atoms with van der Waals surface area (Å²) in [7, 11) is 0. The van der Waals surface area contributed by atoms with Gasteiger partial charge in [-0.25, -0.2) is 8.78 Å². The number of halogens is 3. The van der Waals surface area contributed by atoms with E-state index in [0.29, 0.717) is 0 Å². The van der Waals surface area contributed by atoms with Crippen LogP contribution in [0.25, 0.3) is 0 Å². The van der Waals surface area contributed by atoms with Crippen LogP contribution in [0.5, 0.6) is 0 Å². The molecule has 0 saturated heterocycles. The first-order valence-electron chi connectivity index (χ1n) is 10.9. The minimum atomic E-state index is -0.615. The lowest BCUT2D eigenvalue weighted by Gasteiger charge is -2.50. The van der Waals surface area contributed by atoms with E-state index in [1.165, 1.54) is 50.7 Å². The Morgan fingerprint density at radius 2 is 1.56 bits per heavy atom. The van der Waals surface area contributed by atoms with Gasteiger partial charge in [0.15, 0.2) is 0 Å². The molecule has 3 aliphatic carbocycles. The fourth-order valence-electron chi connectivity index (χ4n) is 6.45. The van der Waals surface area contributed by atoms with E-state index in [9.17, 15) is 8.78 Å². The number of hydrogen-bond acceptors (Lipinski definition) is 0. The lowest BCUT2D eigenvalue weighted by atomic mass is 9.55. The van der Waals surface area contributed by atoms with Crippen molar-refractivity contribution in [2.24, 2.45) is 29.6 Å². The molecule has 0 bridgehead atoms. The minimum Gasteiger partial charge on any atom is -0.205 e. The van der Waals surface area contributed by atoms with Gasteiger partial charge in [0.2, 0.25) is 0 Å². The van der Waals surface area contributed by atoms with Crippen molar-refractivity contribution in [2.75, 3.05) is 0 Å². The van der Waals surface area contributed by atoms with Crippen LogP contribution in [0.4, 0.5) is 8.78 Å². The first-order valence-corrected chi connectivity index (χ1v) is 11.3. The van der Waals surface area contributed by atoms with Crippen LogP contribution in [-0.2, 0) is 0 Å². The van der Waals surface area contributed by atoms with Gasteiger partial charge in [-0.15, -0.1) is 0 Å². The first-order chi connectivity index (χ1) is 13.1. The highest BCUT2D eigenvalue weighted by molar-refractivity contribution is 6.30. The number of fused-ring (bicyclic) bond motifs is 3. The van der Waals surface area contributed by atoms with Gasteiger partial charge >= 0.3 is 0 Å². The van der Waals surface area contributed by atoms with Crippen LogP contribution in [0.3, 0.4) is 0 Å². The highest BCUT2D eigenvalue weighted by atomic mass is 35.5. The summed E-state index contributed by atoms with van der Waals surface area (Å²) in [6.07, 6.45) is 16.1. The van der Waals surface area contributed by atoms with Crippen LogP contribution in [0.15, 0.2) is 24.3 Å². The highest BCUT2D eigenvalue weighted by Crippen LogP contribution is 2.55. The van der Waals surface area contributed by atoms with Gasteiger partial charge in [0.25, 0.3) is 0 Å². The Kier molecular flexibility index (Phi) is 5.92. The molecule has 1 aromatic carbocycles. The molecule has 1 aromatic rings. The summed E-state index contributed by atoms with van der Waals surface area (Å²) in [5.74, 6) is 3.19. The van der Waals surface area contributed by atoms with Crippen molar-refractivity contribution < 1.29 is 8.78 Å². The van der Waals surface area contributed by atoms with Crippen LogP contribution in [0, 0.1) is 41.2 Å². The van der Waals surface area contributed by atoms with Crippen molar-refractivity contribution >= 4 is 11.6 Å². The van der Waals surface area contributed by atoms with Gasteiger partial charge in [-0.3, -0.25) is 0 Å². The van der Waals surface area contributed by atoms with E-state index in [1.54, 1.807) is 0 Å². The lowest BCUT2D eigenvalue weighted by molar-refractivity contribution is 0.0127. The lowest BCUT2D eigenvalue weighted by Crippen LogP contribution is -2.41. The van der Waals surface area contributed by atoms with Crippen LogP contribution in [-0.4, -0.2) is 0 Å². The number of allylic oxidation sites excluding steroid dienone is 2. The Morgan fingerprint density at radius 3 is 2.22 bits per heavy atom. The molecule has 0 aromatic heterocycles. The zero-order valence-electron chi connectivity index (χ0n) is 16.3. The molecule has 0 amide bonds. The fraction of sp³-hybridized carbons (Fsp3) is 0.667. The predicted octanol–water partition coefficient (Wildman–Crippen LogP) is 7.91. The maximum Gasteiger partial charge on any atom is 0.145 e. The maximum absolute atomic E-state index is 13.9. The van der Waals surface area contributed by atoms with Crippen molar-refractivity contribution in [1.29, 1.82) is 0 Å². The van der Waals surface area contributed by atoms with E-state index in [1.807, 2.05) is 0 Å². The van der Waals surface area contributed by atoms with Crippen LogP contribution >= 0.6 is 11.6 Å². The van der Waals surface area contributed by atoms with E-state index in [2.05, 4.69) is 19.1 Å². The van der Waals surface area contributed by atoms with Crippen molar-refractivity contribution in [3.8, 4) is 0 Å². The largest absolute Gasteiger partial charge is 0.205 e. The smallest absolute Gasteiger partial charge is 0.145 e. The number of rotatable bonds is 3. The second kappa shape index (κ2) is 8.23. The standard InChI is InChI=1S/C24H31ClF2/c1-2-3-4-15-5-9-20-17(11-15)6-7-18-12-16(8-10-21(18)20)19-13-22(26)24(25)23(27)14-19/h3-4,13-18,20-21H,2,5-12H2,1H3/b4-3+. The van der Waals surface area contributed by atoms with Crippen molar-refractivity contribution in [2.45, 2.75) is 70.6 Å². The topological polar surface area (TPSA) is 0 Å². The molecule has 4 rings (SSSR count). The van der Waals surface area contributed by atoms with Gasteiger partial charge in [0, 0.05) is 0 Å². The molecule has 0 spiro atoms. The molecule has 0 aliphatic heterocycles. The van der Waals surface area contributed by atoms with E-state index in [-0.39, 0.29) is 10.9 Å². The van der Waals surface area contributed by atoms with E-state index < -0.39 is 11.6 Å². The predicted molar refractivity (Wildman–Crippen MR) is 108 cm³/mol. The fourth-order valence-corrected chi connectivity index (χ4v) is 6.56. The summed E-state index contributed by atoms with van der Waals surface area (Å²) < 4.78 is 27.8. The Morgan fingerprint density at radius 1 is 0.926 bits per heavy atom. The first kappa shape index (κ1) is 19.4. The van der Waals surface area contributed by atoms with E-state index in [0.717, 1.165) is 54.4 Å². The maximum atomic E-state index is 13.9. The monoisotopic (exact) mass is 392 g/mol. The zero-order valence-corrected chi connectivity index (χ0v) is 17.0. The molecule has 3 fully saturated rings. The second-order valence-electron chi connectivity index (χ2n) is 9.14. The summed E-state index contributed by atoms with van der Waals surface area (Å²) >= 11 is 5.66. The highest BCUT2D eigenvalue weighted by Gasteiger charge is 2.44. The van der Waals surface area contributed by atoms with Crippen LogP contribution in [0.2, 0.25) is 5.02 Å². The van der Waals surface area contributed by atoms with Gasteiger partial charge < -0.3 is 0 Å². The second-order valence-corrected chi connectivity index (χ2v) is 9.52. The molecule has 148 valence electrons. The molecular formula is C24H31ClF2. The molecule has 0 radical (unpaired) electrons. The molecule has 0 N–H and O–H groups in total.